The first-order chi connectivity index (χ1) is 14.8. The molecule has 0 bridgehead atoms. The molecule has 3 aromatic rings. The van der Waals surface area contributed by atoms with E-state index in [1.54, 1.807) is 19.1 Å². The summed E-state index contributed by atoms with van der Waals surface area (Å²) >= 11 is 0. The third-order valence-electron chi connectivity index (χ3n) is 4.50. The van der Waals surface area contributed by atoms with Gasteiger partial charge in [0.05, 0.1) is 18.7 Å². The van der Waals surface area contributed by atoms with Gasteiger partial charge in [0.1, 0.15) is 12.4 Å². The van der Waals surface area contributed by atoms with E-state index in [9.17, 15) is 22.8 Å². The van der Waals surface area contributed by atoms with Crippen molar-refractivity contribution >= 4 is 28.3 Å². The molecule has 1 amide bonds. The Morgan fingerprint density at radius 2 is 1.61 bits per heavy atom. The van der Waals surface area contributed by atoms with Gasteiger partial charge in [-0.05, 0) is 42.6 Å². The zero-order chi connectivity index (χ0) is 22.4. The average Bonchev–Trinajstić information content (AvgIpc) is 2.76. The lowest BCUT2D eigenvalue weighted by atomic mass is 10.1. The number of ether oxygens (including phenoxy) is 2. The molecule has 0 aliphatic carbocycles. The SMILES string of the molecule is CCOC(=O)c1ccc(N(CCOc2cccc3ccccc23)C(=O)C(F)(F)F)cc1. The van der Waals surface area contributed by atoms with E-state index in [-0.39, 0.29) is 31.0 Å². The third kappa shape index (κ3) is 5.33. The maximum absolute atomic E-state index is 13.1. The van der Waals surface area contributed by atoms with E-state index >= 15 is 0 Å². The minimum absolute atomic E-state index is 0.00288. The number of alkyl halides is 3. The minimum atomic E-state index is -5.06. The van der Waals surface area contributed by atoms with E-state index in [2.05, 4.69) is 0 Å². The highest BCUT2D eigenvalue weighted by Crippen LogP contribution is 2.27. The van der Waals surface area contributed by atoms with E-state index in [1.807, 2.05) is 30.3 Å². The Balaban J connectivity index is 1.78. The third-order valence-corrected chi connectivity index (χ3v) is 4.50. The molecule has 0 saturated heterocycles. The van der Waals surface area contributed by atoms with Crippen LogP contribution in [-0.4, -0.2) is 37.8 Å². The van der Waals surface area contributed by atoms with Crippen molar-refractivity contribution in [1.29, 1.82) is 0 Å². The Labute approximate surface area is 177 Å². The second-order valence-corrected chi connectivity index (χ2v) is 6.55. The number of fused-ring (bicyclic) bond motifs is 1. The maximum atomic E-state index is 13.1. The predicted octanol–water partition coefficient (Wildman–Crippen LogP) is 4.99. The largest absolute Gasteiger partial charge is 0.491 e. The molecule has 0 fully saturated rings. The standard InChI is InChI=1S/C23H20F3NO4/c1-2-30-21(28)17-10-12-18(13-11-17)27(22(29)23(24,25)26)14-15-31-20-9-5-7-16-6-3-4-8-19(16)20/h3-13H,2,14-15H2,1H3. The van der Waals surface area contributed by atoms with Crippen LogP contribution < -0.4 is 9.64 Å². The van der Waals surface area contributed by atoms with Crippen molar-refractivity contribution in [3.8, 4) is 5.75 Å². The lowest BCUT2D eigenvalue weighted by molar-refractivity contribution is -0.170. The minimum Gasteiger partial charge on any atom is -0.491 e. The normalized spacial score (nSPS) is 11.2. The molecule has 0 aliphatic rings. The van der Waals surface area contributed by atoms with Crippen LogP contribution in [0.2, 0.25) is 0 Å². The quantitative estimate of drug-likeness (QED) is 0.495. The summed E-state index contributed by atoms with van der Waals surface area (Å²) in [5.74, 6) is -2.10. The molecule has 0 heterocycles. The van der Waals surface area contributed by atoms with Gasteiger partial charge < -0.3 is 14.4 Å². The average molecular weight is 431 g/mol. The van der Waals surface area contributed by atoms with Gasteiger partial charge >= 0.3 is 18.1 Å². The van der Waals surface area contributed by atoms with Crippen LogP contribution in [0.15, 0.2) is 66.7 Å². The zero-order valence-corrected chi connectivity index (χ0v) is 16.7. The summed E-state index contributed by atoms with van der Waals surface area (Å²) in [4.78, 5) is 24.3. The second kappa shape index (κ2) is 9.51. The molecule has 0 aromatic heterocycles. The molecule has 0 N–H and O–H groups in total. The summed E-state index contributed by atoms with van der Waals surface area (Å²) in [6.45, 7) is 1.33. The number of carbonyl (C=O) groups excluding carboxylic acids is 2. The van der Waals surface area contributed by atoms with Crippen LogP contribution in [-0.2, 0) is 9.53 Å². The van der Waals surface area contributed by atoms with Gasteiger partial charge in [-0.1, -0.05) is 36.4 Å². The van der Waals surface area contributed by atoms with Crippen molar-refractivity contribution < 1.29 is 32.2 Å². The number of amides is 1. The number of hydrogen-bond donors (Lipinski definition) is 0. The Morgan fingerprint density at radius 3 is 2.29 bits per heavy atom. The molecule has 5 nitrogen and oxygen atoms in total. The van der Waals surface area contributed by atoms with Crippen LogP contribution in [0.4, 0.5) is 18.9 Å². The number of carbonyl (C=O) groups is 2. The summed E-state index contributed by atoms with van der Waals surface area (Å²) < 4.78 is 50.0. The summed E-state index contributed by atoms with van der Waals surface area (Å²) in [5, 5.41) is 1.75. The molecule has 0 spiro atoms. The van der Waals surface area contributed by atoms with E-state index in [4.69, 9.17) is 9.47 Å². The highest BCUT2D eigenvalue weighted by molar-refractivity contribution is 5.98. The highest BCUT2D eigenvalue weighted by Gasteiger charge is 2.43. The molecular formula is C23H20F3NO4. The fourth-order valence-corrected chi connectivity index (χ4v) is 3.06. The summed E-state index contributed by atoms with van der Waals surface area (Å²) in [5.41, 5.74) is 0.175. The van der Waals surface area contributed by atoms with Gasteiger partial charge in [-0.25, -0.2) is 4.79 Å². The molecule has 8 heteroatoms. The molecular weight excluding hydrogens is 411 g/mol. The molecule has 0 aliphatic heterocycles. The van der Waals surface area contributed by atoms with Crippen molar-refractivity contribution in [2.24, 2.45) is 0 Å². The number of nitrogens with zero attached hydrogens (tertiary/aromatic N) is 1. The number of esters is 1. The number of halogens is 3. The number of anilines is 1. The topological polar surface area (TPSA) is 55.8 Å². The van der Waals surface area contributed by atoms with Gasteiger partial charge in [0.25, 0.3) is 0 Å². The van der Waals surface area contributed by atoms with Crippen molar-refractivity contribution in [2.75, 3.05) is 24.7 Å². The Kier molecular flexibility index (Phi) is 6.79. The van der Waals surface area contributed by atoms with Crippen LogP contribution in [0.25, 0.3) is 10.8 Å². The second-order valence-electron chi connectivity index (χ2n) is 6.55. The van der Waals surface area contributed by atoms with E-state index in [0.29, 0.717) is 10.6 Å². The van der Waals surface area contributed by atoms with Crippen LogP contribution >= 0.6 is 0 Å². The Bertz CT molecular complexity index is 1060. The Morgan fingerprint density at radius 1 is 0.935 bits per heavy atom. The van der Waals surface area contributed by atoms with Gasteiger partial charge in [-0.15, -0.1) is 0 Å². The molecule has 0 atom stereocenters. The van der Waals surface area contributed by atoms with Crippen molar-refractivity contribution in [2.45, 2.75) is 13.1 Å². The van der Waals surface area contributed by atoms with Crippen LogP contribution in [0, 0.1) is 0 Å². The van der Waals surface area contributed by atoms with Gasteiger partial charge in [-0.2, -0.15) is 13.2 Å². The fraction of sp³-hybridized carbons (Fsp3) is 0.217. The molecule has 162 valence electrons. The molecule has 3 rings (SSSR count). The van der Waals surface area contributed by atoms with E-state index < -0.39 is 18.1 Å². The van der Waals surface area contributed by atoms with Gasteiger partial charge in [0.2, 0.25) is 0 Å². The molecule has 31 heavy (non-hydrogen) atoms. The first-order valence-corrected chi connectivity index (χ1v) is 9.57. The summed E-state index contributed by atoms with van der Waals surface area (Å²) in [6.07, 6.45) is -5.06. The van der Waals surface area contributed by atoms with Crippen LogP contribution in [0.1, 0.15) is 17.3 Å². The molecule has 0 radical (unpaired) electrons. The maximum Gasteiger partial charge on any atom is 0.471 e. The Hall–Kier alpha value is -3.55. The smallest absolute Gasteiger partial charge is 0.471 e. The van der Waals surface area contributed by atoms with E-state index in [1.165, 1.54) is 24.3 Å². The van der Waals surface area contributed by atoms with Crippen LogP contribution in [0.3, 0.4) is 0 Å². The molecule has 0 unspecified atom stereocenters. The van der Waals surface area contributed by atoms with Crippen molar-refractivity contribution in [3.05, 3.63) is 72.3 Å². The van der Waals surface area contributed by atoms with Gasteiger partial charge in [0.15, 0.2) is 0 Å². The molecule has 0 saturated carbocycles. The summed E-state index contributed by atoms with van der Waals surface area (Å²) in [7, 11) is 0. The zero-order valence-electron chi connectivity index (χ0n) is 16.7. The van der Waals surface area contributed by atoms with Gasteiger partial charge in [0, 0.05) is 11.1 Å². The molecule has 3 aromatic carbocycles. The first kappa shape index (κ1) is 22.1. The lowest BCUT2D eigenvalue weighted by Gasteiger charge is -2.24. The predicted molar refractivity (Wildman–Crippen MR) is 110 cm³/mol. The monoisotopic (exact) mass is 431 g/mol. The fourth-order valence-electron chi connectivity index (χ4n) is 3.06. The van der Waals surface area contributed by atoms with Crippen molar-refractivity contribution in [3.63, 3.8) is 0 Å². The van der Waals surface area contributed by atoms with Crippen LogP contribution in [0.5, 0.6) is 5.75 Å². The summed E-state index contributed by atoms with van der Waals surface area (Å²) in [6, 6.07) is 18.0. The van der Waals surface area contributed by atoms with E-state index in [0.717, 1.165) is 10.8 Å². The van der Waals surface area contributed by atoms with Crippen molar-refractivity contribution in [1.82, 2.24) is 0 Å². The number of rotatable bonds is 7. The first-order valence-electron chi connectivity index (χ1n) is 9.57. The number of hydrogen-bond acceptors (Lipinski definition) is 4. The number of benzene rings is 3. The van der Waals surface area contributed by atoms with Gasteiger partial charge in [-0.3, -0.25) is 4.79 Å². The lowest BCUT2D eigenvalue weighted by Crippen LogP contribution is -2.43. The highest BCUT2D eigenvalue weighted by atomic mass is 19.4.